The molecular weight excluding hydrogens is 380 g/mol. The quantitative estimate of drug-likeness (QED) is 0.501. The smallest absolute Gasteiger partial charge is 0.0144 e. The Hall–Kier alpha value is -0.160. The van der Waals surface area contributed by atoms with Gasteiger partial charge in [-0.3, -0.25) is 0 Å². The zero-order chi connectivity index (χ0) is 22.7. The number of fused-ring (bicyclic) bond motifs is 2. The lowest BCUT2D eigenvalue weighted by Crippen LogP contribution is -2.62. The summed E-state index contributed by atoms with van der Waals surface area (Å²) < 4.78 is 0. The molecule has 0 aromatic heterocycles. The average Bonchev–Trinajstić information content (AvgIpc) is 3.12. The fourth-order valence-electron chi connectivity index (χ4n) is 8.58. The molecule has 0 spiro atoms. The van der Waals surface area contributed by atoms with Crippen molar-refractivity contribution in [2.45, 2.75) is 135 Å². The van der Waals surface area contributed by atoms with Crippen LogP contribution in [0.25, 0.3) is 0 Å². The predicted octanol–water partition coefficient (Wildman–Crippen LogP) is 4.45. The van der Waals surface area contributed by atoms with E-state index < -0.39 is 0 Å². The molecule has 4 aliphatic rings. The minimum absolute atomic E-state index is 0.239. The molecule has 0 radical (unpaired) electrons. The number of hydrogen-bond acceptors (Lipinski definition) is 4. The van der Waals surface area contributed by atoms with Gasteiger partial charge in [-0.1, -0.05) is 0 Å². The maximum absolute atomic E-state index is 4.01. The highest BCUT2D eigenvalue weighted by molar-refractivity contribution is 5.03. The van der Waals surface area contributed by atoms with Crippen LogP contribution < -0.4 is 21.3 Å². The van der Waals surface area contributed by atoms with Gasteiger partial charge < -0.3 is 21.3 Å². The summed E-state index contributed by atoms with van der Waals surface area (Å²) in [6, 6.07) is 1.32. The van der Waals surface area contributed by atoms with Gasteiger partial charge in [0.2, 0.25) is 0 Å². The minimum atomic E-state index is 0.239. The van der Waals surface area contributed by atoms with Crippen LogP contribution >= 0.6 is 0 Å². The Balaban J connectivity index is 1.22. The van der Waals surface area contributed by atoms with Gasteiger partial charge in [0, 0.05) is 34.2 Å². The molecule has 31 heavy (non-hydrogen) atoms. The van der Waals surface area contributed by atoms with Crippen molar-refractivity contribution >= 4 is 0 Å². The molecule has 4 atom stereocenters. The van der Waals surface area contributed by atoms with E-state index in [1.165, 1.54) is 58.0 Å². The normalized spacial score (nSPS) is 39.1. The second-order valence-electron chi connectivity index (χ2n) is 14.6. The molecular formula is C27H52N4. The fraction of sp³-hybridized carbons (Fsp3) is 1.00. The van der Waals surface area contributed by atoms with Crippen LogP contribution in [-0.2, 0) is 0 Å². The second-order valence-corrected chi connectivity index (χ2v) is 14.6. The first-order valence-corrected chi connectivity index (χ1v) is 13.3. The maximum Gasteiger partial charge on any atom is 0.0144 e. The van der Waals surface area contributed by atoms with Gasteiger partial charge in [-0.05, 0) is 137 Å². The standard InChI is InChI=1S/C27H52N4/c1-24(2)12-22(13-25(3,4)30-24)28-16-20-10-19-9-18(20)11-21(19)17-29-23-14-26(5,6)31-27(7,8)15-23/h18-23,28-31H,9-17H2,1-8H3. The molecule has 2 bridgehead atoms. The monoisotopic (exact) mass is 432 g/mol. The van der Waals surface area contributed by atoms with E-state index in [0.717, 1.165) is 23.7 Å². The number of piperidine rings is 2. The van der Waals surface area contributed by atoms with E-state index in [1.807, 2.05) is 0 Å². The first kappa shape index (κ1) is 24.0. The summed E-state index contributed by atoms with van der Waals surface area (Å²) in [7, 11) is 0. The van der Waals surface area contributed by atoms with Crippen molar-refractivity contribution in [1.29, 1.82) is 0 Å². The molecule has 2 heterocycles. The summed E-state index contributed by atoms with van der Waals surface area (Å²) in [5.74, 6) is 3.76. The summed E-state index contributed by atoms with van der Waals surface area (Å²) in [5, 5.41) is 15.7. The zero-order valence-corrected chi connectivity index (χ0v) is 21.8. The fourth-order valence-corrected chi connectivity index (χ4v) is 8.58. The lowest BCUT2D eigenvalue weighted by Gasteiger charge is -2.47. The third-order valence-corrected chi connectivity index (χ3v) is 8.87. The Labute approximate surface area is 192 Å². The highest BCUT2D eigenvalue weighted by Crippen LogP contribution is 2.51. The maximum atomic E-state index is 4.01. The highest BCUT2D eigenvalue weighted by Gasteiger charge is 2.46. The molecule has 4 N–H and O–H groups in total. The Morgan fingerprint density at radius 3 is 1.16 bits per heavy atom. The summed E-state index contributed by atoms with van der Waals surface area (Å²) in [4.78, 5) is 0. The molecule has 4 unspecified atom stereocenters. The van der Waals surface area contributed by atoms with Crippen LogP contribution in [0.3, 0.4) is 0 Å². The van der Waals surface area contributed by atoms with Crippen LogP contribution in [0, 0.1) is 23.7 Å². The van der Waals surface area contributed by atoms with Crippen molar-refractivity contribution in [1.82, 2.24) is 21.3 Å². The molecule has 4 rings (SSSR count). The van der Waals surface area contributed by atoms with Crippen LogP contribution in [0.5, 0.6) is 0 Å². The van der Waals surface area contributed by atoms with Crippen molar-refractivity contribution < 1.29 is 0 Å². The van der Waals surface area contributed by atoms with Crippen LogP contribution in [-0.4, -0.2) is 47.3 Å². The van der Waals surface area contributed by atoms with Crippen LogP contribution in [0.4, 0.5) is 0 Å². The molecule has 2 saturated carbocycles. The van der Waals surface area contributed by atoms with E-state index in [4.69, 9.17) is 0 Å². The molecule has 0 aromatic carbocycles. The van der Waals surface area contributed by atoms with E-state index in [2.05, 4.69) is 76.7 Å². The molecule has 4 fully saturated rings. The van der Waals surface area contributed by atoms with Gasteiger partial charge in [-0.15, -0.1) is 0 Å². The lowest BCUT2D eigenvalue weighted by atomic mass is 9.78. The lowest BCUT2D eigenvalue weighted by molar-refractivity contribution is 0.132. The Morgan fingerprint density at radius 1 is 0.548 bits per heavy atom. The molecule has 2 saturated heterocycles. The number of hydrogen-bond donors (Lipinski definition) is 4. The molecule has 180 valence electrons. The summed E-state index contributed by atoms with van der Waals surface area (Å²) in [6.45, 7) is 21.4. The summed E-state index contributed by atoms with van der Waals surface area (Å²) in [6.07, 6.45) is 9.39. The van der Waals surface area contributed by atoms with Crippen molar-refractivity contribution in [3.63, 3.8) is 0 Å². The molecule has 0 aromatic rings. The van der Waals surface area contributed by atoms with Gasteiger partial charge >= 0.3 is 0 Å². The summed E-state index contributed by atoms with van der Waals surface area (Å²) >= 11 is 0. The minimum Gasteiger partial charge on any atom is -0.314 e. The molecule has 2 aliphatic carbocycles. The topological polar surface area (TPSA) is 48.1 Å². The van der Waals surface area contributed by atoms with Crippen molar-refractivity contribution in [2.24, 2.45) is 23.7 Å². The van der Waals surface area contributed by atoms with Crippen molar-refractivity contribution in [2.75, 3.05) is 13.1 Å². The van der Waals surface area contributed by atoms with E-state index in [0.29, 0.717) is 12.1 Å². The number of nitrogens with one attached hydrogen (secondary N) is 4. The largest absolute Gasteiger partial charge is 0.314 e. The molecule has 4 nitrogen and oxygen atoms in total. The SMILES string of the molecule is CC1(C)CC(NCC2CC3CC2CC3CNC2CC(C)(C)NC(C)(C)C2)CC(C)(C)N1. The third kappa shape index (κ3) is 6.05. The van der Waals surface area contributed by atoms with E-state index in [1.54, 1.807) is 0 Å². The van der Waals surface area contributed by atoms with Gasteiger partial charge in [0.15, 0.2) is 0 Å². The molecule has 2 aliphatic heterocycles. The van der Waals surface area contributed by atoms with Crippen LogP contribution in [0.2, 0.25) is 0 Å². The highest BCUT2D eigenvalue weighted by atomic mass is 15.1. The van der Waals surface area contributed by atoms with E-state index in [9.17, 15) is 0 Å². The van der Waals surface area contributed by atoms with Gasteiger partial charge in [-0.2, -0.15) is 0 Å². The summed E-state index contributed by atoms with van der Waals surface area (Å²) in [5.41, 5.74) is 0.955. The Kier molecular flexibility index (Phi) is 6.38. The molecule has 0 amide bonds. The van der Waals surface area contributed by atoms with Crippen LogP contribution in [0.1, 0.15) is 100 Å². The van der Waals surface area contributed by atoms with Crippen molar-refractivity contribution in [3.05, 3.63) is 0 Å². The first-order valence-electron chi connectivity index (χ1n) is 13.3. The van der Waals surface area contributed by atoms with Crippen molar-refractivity contribution in [3.8, 4) is 0 Å². The van der Waals surface area contributed by atoms with Crippen LogP contribution in [0.15, 0.2) is 0 Å². The van der Waals surface area contributed by atoms with E-state index >= 15 is 0 Å². The predicted molar refractivity (Wildman–Crippen MR) is 132 cm³/mol. The average molecular weight is 433 g/mol. The van der Waals surface area contributed by atoms with Gasteiger partial charge in [0.05, 0.1) is 0 Å². The first-order chi connectivity index (χ1) is 14.2. The number of rotatable bonds is 6. The Morgan fingerprint density at radius 2 is 0.871 bits per heavy atom. The zero-order valence-electron chi connectivity index (χ0n) is 21.8. The third-order valence-electron chi connectivity index (χ3n) is 8.87. The van der Waals surface area contributed by atoms with Gasteiger partial charge in [-0.25, -0.2) is 0 Å². The Bertz CT molecular complexity index is 551. The van der Waals surface area contributed by atoms with Gasteiger partial charge in [0.25, 0.3) is 0 Å². The van der Waals surface area contributed by atoms with E-state index in [-0.39, 0.29) is 22.2 Å². The second kappa shape index (κ2) is 8.25. The van der Waals surface area contributed by atoms with Gasteiger partial charge in [0.1, 0.15) is 0 Å². The molecule has 4 heteroatoms.